The molecule has 2 atom stereocenters. The Morgan fingerprint density at radius 2 is 1.80 bits per heavy atom. The summed E-state index contributed by atoms with van der Waals surface area (Å²) in [6.45, 7) is 6.16. The van der Waals surface area contributed by atoms with Crippen LogP contribution in [-0.2, 0) is 16.1 Å². The Morgan fingerprint density at radius 3 is 2.54 bits per heavy atom. The first-order chi connectivity index (χ1) is 19.6. The molecule has 1 aliphatic heterocycles. The number of aliphatic hydroxyl groups is 1. The van der Waals surface area contributed by atoms with E-state index in [2.05, 4.69) is 10.6 Å². The monoisotopic (exact) mass is 568 g/mol. The van der Waals surface area contributed by atoms with Gasteiger partial charge in [-0.2, -0.15) is 0 Å². The molecule has 2 aliphatic rings. The lowest BCUT2D eigenvalue weighted by molar-refractivity contribution is -0.128. The number of benzene rings is 2. The predicted molar refractivity (Wildman–Crippen MR) is 155 cm³/mol. The Labute approximate surface area is 242 Å². The molecule has 0 radical (unpaired) electrons. The van der Waals surface area contributed by atoms with Crippen LogP contribution in [0, 0.1) is 5.92 Å². The molecule has 1 fully saturated rings. The van der Waals surface area contributed by atoms with Crippen molar-refractivity contribution >= 4 is 11.9 Å². The lowest BCUT2D eigenvalue weighted by Crippen LogP contribution is -2.47. The van der Waals surface area contributed by atoms with Gasteiger partial charge in [0.1, 0.15) is 30.8 Å². The highest BCUT2D eigenvalue weighted by Gasteiger charge is 2.28. The summed E-state index contributed by atoms with van der Waals surface area (Å²) in [7, 11) is 0. The number of fused-ring (bicyclic) bond motifs is 1. The highest BCUT2D eigenvalue weighted by molar-refractivity contribution is 5.84. The van der Waals surface area contributed by atoms with Crippen LogP contribution in [0.2, 0.25) is 0 Å². The van der Waals surface area contributed by atoms with Crippen LogP contribution >= 0.6 is 0 Å². The molecule has 41 heavy (non-hydrogen) atoms. The van der Waals surface area contributed by atoms with Gasteiger partial charge in [0, 0.05) is 18.5 Å². The van der Waals surface area contributed by atoms with E-state index in [0.29, 0.717) is 36.2 Å². The number of alkyl carbamates (subject to hydrolysis) is 1. The maximum atomic E-state index is 12.9. The maximum absolute atomic E-state index is 12.9. The van der Waals surface area contributed by atoms with E-state index in [9.17, 15) is 14.7 Å². The molecule has 1 saturated carbocycles. The average Bonchev–Trinajstić information content (AvgIpc) is 2.95. The van der Waals surface area contributed by atoms with Gasteiger partial charge >= 0.3 is 6.09 Å². The predicted octanol–water partition coefficient (Wildman–Crippen LogP) is 5.14. The molecule has 9 heteroatoms. The Hall–Kier alpha value is -3.30. The number of amides is 1. The first-order valence-electron chi connectivity index (χ1n) is 14.7. The number of Topliss-reactive ketones (excluding diaryl/α,β-unsaturated/α-hetero) is 1. The Balaban J connectivity index is 1.11. The highest BCUT2D eigenvalue weighted by atomic mass is 16.6. The van der Waals surface area contributed by atoms with Gasteiger partial charge in [-0.3, -0.25) is 10.1 Å². The summed E-state index contributed by atoms with van der Waals surface area (Å²) in [6.07, 6.45) is 4.28. The van der Waals surface area contributed by atoms with Crippen molar-refractivity contribution in [3.63, 3.8) is 0 Å². The fourth-order valence-corrected chi connectivity index (χ4v) is 5.21. The van der Waals surface area contributed by atoms with Crippen molar-refractivity contribution in [2.75, 3.05) is 13.2 Å². The first kappa shape index (κ1) is 30.7. The second-order valence-electron chi connectivity index (χ2n) is 11.9. The van der Waals surface area contributed by atoms with E-state index in [0.717, 1.165) is 44.1 Å². The summed E-state index contributed by atoms with van der Waals surface area (Å²) >= 11 is 0. The lowest BCUT2D eigenvalue weighted by atomic mass is 9.83. The quantitative estimate of drug-likeness (QED) is 0.302. The number of rotatable bonds is 12. The van der Waals surface area contributed by atoms with E-state index in [1.165, 1.54) is 0 Å². The lowest BCUT2D eigenvalue weighted by Gasteiger charge is -2.31. The zero-order valence-electron chi connectivity index (χ0n) is 24.4. The topological polar surface area (TPSA) is 115 Å². The van der Waals surface area contributed by atoms with Crippen molar-refractivity contribution in [3.8, 4) is 17.2 Å². The van der Waals surface area contributed by atoms with Gasteiger partial charge in [-0.25, -0.2) is 4.79 Å². The number of aliphatic hydroxyl groups excluding tert-OH is 1. The number of hydrogen-bond acceptors (Lipinski definition) is 8. The third-order valence-electron chi connectivity index (χ3n) is 7.33. The number of carbonyl (C=O) groups is 2. The molecule has 1 amide bonds. The van der Waals surface area contributed by atoms with Crippen molar-refractivity contribution in [1.29, 1.82) is 0 Å². The molecule has 0 saturated heterocycles. The third kappa shape index (κ3) is 10.2. The minimum atomic E-state index is -0.823. The van der Waals surface area contributed by atoms with Gasteiger partial charge in [0.05, 0.1) is 6.54 Å². The van der Waals surface area contributed by atoms with Crippen LogP contribution in [0.5, 0.6) is 17.2 Å². The summed E-state index contributed by atoms with van der Waals surface area (Å²) in [5.74, 6) is 2.45. The molecule has 2 unspecified atom stereocenters. The van der Waals surface area contributed by atoms with E-state index in [1.54, 1.807) is 26.8 Å². The fourth-order valence-electron chi connectivity index (χ4n) is 5.21. The molecule has 0 spiro atoms. The number of carbonyl (C=O) groups excluding carboxylic acids is 2. The Kier molecular flexibility index (Phi) is 10.9. The molecule has 1 heterocycles. The van der Waals surface area contributed by atoms with Crippen LogP contribution in [0.1, 0.15) is 71.3 Å². The standard InChI is InChI=1S/C32H44N2O7/c1-32(2,3)41-31(37)33-19-30(36)34-24-14-12-22(13-15-24)10-7-11-26(35)29-21-39-27-17-16-25(18-28(27)40-29)38-20-23-8-5-4-6-9-23/h4-6,8-9,16-18,22,24,29-30,34,36H,7,10-15,19-21H2,1-3H3,(H,33,37). The SMILES string of the molecule is CC(C)(C)OC(=O)NCC(O)NC1CCC(CCCC(=O)C2COc3ccc(OCc4ccccc4)cc3O2)CC1. The van der Waals surface area contributed by atoms with Crippen molar-refractivity contribution in [1.82, 2.24) is 10.6 Å². The number of hydrogen-bond donors (Lipinski definition) is 3. The van der Waals surface area contributed by atoms with E-state index in [1.807, 2.05) is 42.5 Å². The fraction of sp³-hybridized carbons (Fsp3) is 0.562. The van der Waals surface area contributed by atoms with Gasteiger partial charge in [0.2, 0.25) is 0 Å². The molecule has 0 aromatic heterocycles. The van der Waals surface area contributed by atoms with Gasteiger partial charge in [-0.1, -0.05) is 36.8 Å². The molecule has 2 aromatic carbocycles. The molecule has 4 rings (SSSR count). The van der Waals surface area contributed by atoms with Crippen molar-refractivity contribution in [2.45, 2.75) is 96.3 Å². The summed E-state index contributed by atoms with van der Waals surface area (Å²) in [5.41, 5.74) is 0.501. The van der Waals surface area contributed by atoms with Crippen LogP contribution in [0.4, 0.5) is 4.79 Å². The Bertz CT molecular complexity index is 1130. The minimum absolute atomic E-state index is 0.0576. The van der Waals surface area contributed by atoms with Crippen LogP contribution in [-0.4, -0.2) is 54.1 Å². The zero-order chi connectivity index (χ0) is 29.2. The second-order valence-corrected chi connectivity index (χ2v) is 11.9. The van der Waals surface area contributed by atoms with Crippen LogP contribution in [0.15, 0.2) is 48.5 Å². The molecular formula is C32H44N2O7. The van der Waals surface area contributed by atoms with Crippen LogP contribution in [0.3, 0.4) is 0 Å². The first-order valence-corrected chi connectivity index (χ1v) is 14.7. The van der Waals surface area contributed by atoms with Gasteiger partial charge in [-0.15, -0.1) is 0 Å². The average molecular weight is 569 g/mol. The van der Waals surface area contributed by atoms with Crippen molar-refractivity contribution in [3.05, 3.63) is 54.1 Å². The van der Waals surface area contributed by atoms with Crippen molar-refractivity contribution < 1.29 is 33.6 Å². The van der Waals surface area contributed by atoms with E-state index < -0.39 is 24.0 Å². The third-order valence-corrected chi connectivity index (χ3v) is 7.33. The normalized spacial score (nSPS) is 21.0. The number of ketones is 1. The smallest absolute Gasteiger partial charge is 0.407 e. The molecule has 1 aliphatic carbocycles. The summed E-state index contributed by atoms with van der Waals surface area (Å²) in [4.78, 5) is 24.7. The highest BCUT2D eigenvalue weighted by Crippen LogP contribution is 2.36. The van der Waals surface area contributed by atoms with E-state index in [-0.39, 0.29) is 25.0 Å². The molecule has 2 aromatic rings. The summed E-state index contributed by atoms with van der Waals surface area (Å²) in [5, 5.41) is 16.0. The molecular weight excluding hydrogens is 524 g/mol. The van der Waals surface area contributed by atoms with Gasteiger partial charge in [0.25, 0.3) is 0 Å². The Morgan fingerprint density at radius 1 is 1.05 bits per heavy atom. The van der Waals surface area contributed by atoms with Gasteiger partial charge < -0.3 is 29.4 Å². The molecule has 9 nitrogen and oxygen atoms in total. The number of nitrogens with one attached hydrogen (secondary N) is 2. The maximum Gasteiger partial charge on any atom is 0.407 e. The van der Waals surface area contributed by atoms with Crippen LogP contribution in [0.25, 0.3) is 0 Å². The number of ether oxygens (including phenoxy) is 4. The van der Waals surface area contributed by atoms with Crippen molar-refractivity contribution in [2.24, 2.45) is 5.92 Å². The molecule has 3 N–H and O–H groups in total. The second kappa shape index (κ2) is 14.5. The van der Waals surface area contributed by atoms with Gasteiger partial charge in [0.15, 0.2) is 23.4 Å². The molecule has 224 valence electrons. The van der Waals surface area contributed by atoms with E-state index in [4.69, 9.17) is 18.9 Å². The van der Waals surface area contributed by atoms with Crippen LogP contribution < -0.4 is 24.8 Å². The van der Waals surface area contributed by atoms with E-state index >= 15 is 0 Å². The molecule has 0 bridgehead atoms. The summed E-state index contributed by atoms with van der Waals surface area (Å²) < 4.78 is 22.9. The van der Waals surface area contributed by atoms with Gasteiger partial charge in [-0.05, 0) is 76.5 Å². The summed E-state index contributed by atoms with van der Waals surface area (Å²) in [6, 6.07) is 15.6. The minimum Gasteiger partial charge on any atom is -0.489 e. The largest absolute Gasteiger partial charge is 0.489 e. The zero-order valence-corrected chi connectivity index (χ0v) is 24.4.